The van der Waals surface area contributed by atoms with Crippen molar-refractivity contribution in [3.8, 4) is 22.5 Å². The normalized spacial score (nSPS) is 21.1. The van der Waals surface area contributed by atoms with Crippen LogP contribution in [0.3, 0.4) is 0 Å². The van der Waals surface area contributed by atoms with Gasteiger partial charge in [-0.15, -0.1) is 11.3 Å². The molecule has 17 heteroatoms. The molecule has 7 rings (SSSR count). The number of hydrazine groups is 1. The molecule has 3 aromatic heterocycles. The molecule has 4 aromatic rings. The highest BCUT2D eigenvalue weighted by molar-refractivity contribution is 7.59. The number of alkyl halides is 1. The number of methoxy groups -OCH3 is 1. The number of carbonyl (C=O) groups is 3. The summed E-state index contributed by atoms with van der Waals surface area (Å²) in [5.41, 5.74) is 6.97. The molecule has 2 N–H and O–H groups in total. The lowest BCUT2D eigenvalue weighted by Crippen LogP contribution is -2.64. The van der Waals surface area contributed by atoms with E-state index in [9.17, 15) is 14.4 Å². The van der Waals surface area contributed by atoms with Crippen LogP contribution in [-0.4, -0.2) is 88.6 Å². The number of rotatable bonds is 6. The fraction of sp³-hybridized carbons (Fsp3) is 0.500. The fourth-order valence-electron chi connectivity index (χ4n) is 7.26. The molecule has 3 aliphatic rings. The van der Waals surface area contributed by atoms with Crippen LogP contribution in [0.1, 0.15) is 62.9 Å². The van der Waals surface area contributed by atoms with E-state index in [0.29, 0.717) is 37.4 Å². The highest BCUT2D eigenvalue weighted by Crippen LogP contribution is 2.42. The van der Waals surface area contributed by atoms with Crippen molar-refractivity contribution in [2.45, 2.75) is 83.8 Å². The van der Waals surface area contributed by atoms with Crippen LogP contribution in [-0.2, 0) is 48.0 Å². The number of esters is 1. The number of aromatic nitrogens is 3. The Bertz CT molecular complexity index is 2020. The maximum atomic E-state index is 15.1. The van der Waals surface area contributed by atoms with Crippen LogP contribution in [0.5, 0.6) is 0 Å². The van der Waals surface area contributed by atoms with Crippen molar-refractivity contribution in [2.75, 3.05) is 33.5 Å². The summed E-state index contributed by atoms with van der Waals surface area (Å²) in [6.07, 6.45) is 3.18. The van der Waals surface area contributed by atoms with Gasteiger partial charge < -0.3 is 24.1 Å². The van der Waals surface area contributed by atoms with Gasteiger partial charge in [-0.1, -0.05) is 19.9 Å². The number of hydrogen-bond donors (Lipinski definition) is 2. The minimum atomic E-state index is -2.20. The second-order valence-corrected chi connectivity index (χ2v) is 15.6. The number of halogens is 1. The predicted molar refractivity (Wildman–Crippen MR) is 225 cm³/mol. The first kappa shape index (κ1) is 44.5. The number of hydrogen-bond acceptors (Lipinski definition) is 10. The Kier molecular flexibility index (Phi) is 14.5. The quantitative estimate of drug-likeness (QED) is 0.249. The van der Waals surface area contributed by atoms with E-state index in [4.69, 9.17) is 24.2 Å². The lowest BCUT2D eigenvalue weighted by molar-refractivity contribution is -0.169. The summed E-state index contributed by atoms with van der Waals surface area (Å²) in [5, 5.41) is 7.56. The Morgan fingerprint density at radius 2 is 1.95 bits per heavy atom. The third-order valence-electron chi connectivity index (χ3n) is 10.2. The molecular weight excluding hydrogens is 784 g/mol. The zero-order valence-electron chi connectivity index (χ0n) is 31.7. The molecule has 2 fully saturated rings. The first-order chi connectivity index (χ1) is 24.9. The zero-order chi connectivity index (χ0) is 36.8. The number of nitrogens with zero attached hydrogens (tertiary/aromatic N) is 4. The summed E-state index contributed by atoms with van der Waals surface area (Å²) in [6, 6.07) is 8.43. The average molecular weight is 835 g/mol. The van der Waals surface area contributed by atoms with Gasteiger partial charge in [-0.2, -0.15) is 40.5 Å². The van der Waals surface area contributed by atoms with E-state index in [1.54, 1.807) is 13.3 Å². The number of aryl methyl sites for hydroxylation is 1. The van der Waals surface area contributed by atoms with Crippen LogP contribution >= 0.6 is 51.8 Å². The Morgan fingerprint density at radius 1 is 1.18 bits per heavy atom. The minimum absolute atomic E-state index is 0. The summed E-state index contributed by atoms with van der Waals surface area (Å²) >= 11 is 1.37. The van der Waals surface area contributed by atoms with Crippen molar-refractivity contribution < 1.29 is 33.0 Å². The molecule has 6 heterocycles. The lowest BCUT2D eigenvalue weighted by atomic mass is 9.84. The van der Waals surface area contributed by atoms with Crippen molar-refractivity contribution in [1.29, 1.82) is 0 Å². The molecule has 6 bridgehead atoms. The van der Waals surface area contributed by atoms with Crippen LogP contribution in [0, 0.1) is 5.41 Å². The molecule has 0 unspecified atom stereocenters. The Morgan fingerprint density at radius 3 is 2.64 bits per heavy atom. The standard InChI is InChI=1S/C38H45FN6O6S.3H2S/c1-6-44-30-12-11-23-15-25(30)26(33(44)24-9-7-13-40-32(24)22(2)49-5)17-37(3,4)19-51-35(47)27-10-8-14-45(43-27)34(46)28(16-31-41-29(23)18-52-31)42-36(48)38(39)20-50-21-38;;;/h7,9,11-13,15,18,22,27-28,43H,6,8,10,14,16-17,19-21H2,1-5H3,(H,42,48);3*1H2/t22-,27-,28-;;;/m0.../s1. The zero-order valence-corrected chi connectivity index (χ0v) is 35.5. The second kappa shape index (κ2) is 17.9. The topological polar surface area (TPSA) is 137 Å². The molecule has 3 atom stereocenters. The van der Waals surface area contributed by atoms with Gasteiger partial charge in [-0.25, -0.2) is 14.8 Å². The molecule has 0 aliphatic carbocycles. The Labute approximate surface area is 345 Å². The van der Waals surface area contributed by atoms with Crippen LogP contribution in [0.2, 0.25) is 0 Å². The number of amides is 2. The molecule has 55 heavy (non-hydrogen) atoms. The van der Waals surface area contributed by atoms with Crippen LogP contribution in [0.15, 0.2) is 41.9 Å². The van der Waals surface area contributed by atoms with Crippen molar-refractivity contribution in [3.63, 3.8) is 0 Å². The third-order valence-corrected chi connectivity index (χ3v) is 11.1. The number of thiazole rings is 1. The Hall–Kier alpha value is -3.19. The summed E-state index contributed by atoms with van der Waals surface area (Å²) in [4.78, 5) is 50.2. The summed E-state index contributed by atoms with van der Waals surface area (Å²) in [6.45, 7) is 8.69. The van der Waals surface area contributed by atoms with Gasteiger partial charge in [0.05, 0.1) is 48.0 Å². The molecule has 12 nitrogen and oxygen atoms in total. The van der Waals surface area contributed by atoms with Gasteiger partial charge in [0, 0.05) is 65.6 Å². The highest BCUT2D eigenvalue weighted by atomic mass is 32.1. The number of nitrogens with one attached hydrogen (secondary N) is 2. The number of ether oxygens (including phenoxy) is 3. The van der Waals surface area contributed by atoms with E-state index in [1.165, 1.54) is 16.3 Å². The van der Waals surface area contributed by atoms with E-state index >= 15 is 4.39 Å². The maximum Gasteiger partial charge on any atom is 0.324 e. The Balaban J connectivity index is 0.00000224. The average Bonchev–Trinajstić information content (AvgIpc) is 3.73. The number of cyclic esters (lactones) is 1. The molecule has 1 aromatic carbocycles. The molecule has 2 amide bonds. The number of pyridine rings is 1. The van der Waals surface area contributed by atoms with E-state index in [1.807, 2.05) is 24.4 Å². The van der Waals surface area contributed by atoms with E-state index in [-0.39, 0.29) is 72.8 Å². The molecule has 0 saturated carbocycles. The maximum absolute atomic E-state index is 15.1. The van der Waals surface area contributed by atoms with E-state index < -0.39 is 41.0 Å². The van der Waals surface area contributed by atoms with Crippen LogP contribution in [0.4, 0.5) is 4.39 Å². The summed E-state index contributed by atoms with van der Waals surface area (Å²) in [7, 11) is 1.68. The van der Waals surface area contributed by atoms with Crippen molar-refractivity contribution in [2.24, 2.45) is 5.41 Å². The third kappa shape index (κ3) is 8.87. The predicted octanol–water partition coefficient (Wildman–Crippen LogP) is 5.28. The number of carbonyl (C=O) groups excluding carboxylic acids is 3. The van der Waals surface area contributed by atoms with Crippen LogP contribution < -0.4 is 10.7 Å². The molecule has 0 spiro atoms. The van der Waals surface area contributed by atoms with Gasteiger partial charge in [0.2, 0.25) is 5.67 Å². The van der Waals surface area contributed by atoms with Crippen molar-refractivity contribution >= 4 is 80.5 Å². The highest BCUT2D eigenvalue weighted by Gasteiger charge is 2.48. The van der Waals surface area contributed by atoms with Gasteiger partial charge >= 0.3 is 5.97 Å². The fourth-order valence-corrected chi connectivity index (χ4v) is 8.11. The summed E-state index contributed by atoms with van der Waals surface area (Å²) in [5.74, 6) is -1.85. The van der Waals surface area contributed by atoms with Gasteiger partial charge in [0.15, 0.2) is 0 Å². The monoisotopic (exact) mass is 834 g/mol. The van der Waals surface area contributed by atoms with Crippen molar-refractivity contribution in [3.05, 3.63) is 58.2 Å². The lowest BCUT2D eigenvalue weighted by Gasteiger charge is -2.37. The second-order valence-electron chi connectivity index (χ2n) is 14.7. The van der Waals surface area contributed by atoms with Gasteiger partial charge in [0.1, 0.15) is 12.1 Å². The number of fused-ring (bicyclic) bond motifs is 6. The van der Waals surface area contributed by atoms with Gasteiger partial charge in [-0.3, -0.25) is 24.4 Å². The van der Waals surface area contributed by atoms with Crippen molar-refractivity contribution in [1.82, 2.24) is 30.3 Å². The van der Waals surface area contributed by atoms with Gasteiger partial charge in [-0.05, 0) is 62.9 Å². The van der Waals surface area contributed by atoms with Crippen LogP contribution in [0.25, 0.3) is 33.4 Å². The van der Waals surface area contributed by atoms with Gasteiger partial charge in [0.25, 0.3) is 11.8 Å². The molecular formula is C38H51FN6O6S4. The summed E-state index contributed by atoms with van der Waals surface area (Å²) < 4.78 is 34.1. The minimum Gasteiger partial charge on any atom is -0.464 e. The first-order valence-electron chi connectivity index (χ1n) is 17.8. The smallest absolute Gasteiger partial charge is 0.324 e. The van der Waals surface area contributed by atoms with E-state index in [2.05, 4.69) is 54.3 Å². The SMILES string of the molecule is CCn1c(-c2cccnc2[C@H](C)OC)c2c3cc(ccc31)-c1csc(n1)C[C@H](NC(=O)C1(F)COC1)C(=O)N1CCC[C@H](N1)C(=O)OCC(C)(C)C2.S.S.S. The molecule has 0 radical (unpaired) electrons. The molecule has 300 valence electrons. The van der Waals surface area contributed by atoms with E-state index in [0.717, 1.165) is 44.7 Å². The first-order valence-corrected chi connectivity index (χ1v) is 18.7. The molecule has 3 aliphatic heterocycles. The number of benzene rings is 1. The molecule has 2 saturated heterocycles. The largest absolute Gasteiger partial charge is 0.464 e.